The van der Waals surface area contributed by atoms with Gasteiger partial charge in [0.05, 0.1) is 0 Å². The summed E-state index contributed by atoms with van der Waals surface area (Å²) in [4.78, 5) is 0. The van der Waals surface area contributed by atoms with Gasteiger partial charge in [0, 0.05) is 5.92 Å². The normalized spacial score (nSPS) is 9.71. The third-order valence-electron chi connectivity index (χ3n) is 2.50. The molecular weight excluding hydrogens is 239 g/mol. The van der Waals surface area contributed by atoms with Crippen LogP contribution in [0.4, 0.5) is 0 Å². The van der Waals surface area contributed by atoms with Crippen LogP contribution in [0.3, 0.4) is 0 Å². The molecule has 0 unspecified atom stereocenters. The molecule has 0 aromatic heterocycles. The van der Waals surface area contributed by atoms with Gasteiger partial charge in [-0.1, -0.05) is 65.7 Å². The smallest absolute Gasteiger partial charge is 0.867 e. The van der Waals surface area contributed by atoms with Crippen molar-refractivity contribution >= 4 is 17.3 Å². The predicted octanol–water partition coefficient (Wildman–Crippen LogP) is -0.490. The Hall–Kier alpha value is -0.670. The molecule has 0 heterocycles. The summed E-state index contributed by atoms with van der Waals surface area (Å²) < 4.78 is 0. The molecule has 0 saturated carbocycles. The zero-order valence-electron chi connectivity index (χ0n) is 9.67. The minimum absolute atomic E-state index is 0. The van der Waals surface area contributed by atoms with E-state index in [0.717, 1.165) is 11.1 Å². The molecule has 3 heteroatoms. The molecule has 2 aromatic rings. The van der Waals surface area contributed by atoms with Crippen molar-refractivity contribution in [1.29, 1.82) is 0 Å². The Bertz CT molecular complexity index is 431. The molecule has 0 spiro atoms. The van der Waals surface area contributed by atoms with E-state index in [1.165, 1.54) is 0 Å². The van der Waals surface area contributed by atoms with Crippen LogP contribution in [0, 0.1) is 0 Å². The van der Waals surface area contributed by atoms with Crippen LogP contribution >= 0.6 is 12.2 Å². The van der Waals surface area contributed by atoms with Crippen molar-refractivity contribution in [2.24, 2.45) is 0 Å². The van der Waals surface area contributed by atoms with Gasteiger partial charge in [0.2, 0.25) is 0 Å². The van der Waals surface area contributed by atoms with E-state index in [1.54, 1.807) is 0 Å². The molecule has 0 bridgehead atoms. The third-order valence-corrected chi connectivity index (χ3v) is 2.74. The van der Waals surface area contributed by atoms with Gasteiger partial charge in [-0.25, -0.2) is 0 Å². The molecule has 17 heavy (non-hydrogen) atoms. The van der Waals surface area contributed by atoms with Crippen molar-refractivity contribution in [3.05, 3.63) is 71.8 Å². The second-order valence-corrected chi connectivity index (χ2v) is 3.98. The first-order valence-electron chi connectivity index (χ1n) is 5.10. The summed E-state index contributed by atoms with van der Waals surface area (Å²) in [7, 11) is 0. The average molecular weight is 250 g/mol. The fraction of sp³-hybridized carbons (Fsp3) is 0.0714. The molecule has 2 aromatic carbocycles. The Labute approximate surface area is 129 Å². The molecular formula is C14H11NaOS. The van der Waals surface area contributed by atoms with Crippen molar-refractivity contribution in [2.45, 2.75) is 5.92 Å². The first kappa shape index (κ1) is 14.4. The summed E-state index contributed by atoms with van der Waals surface area (Å²) in [5, 5.41) is 11.3. The number of thiocarbonyl (C=S) groups is 1. The van der Waals surface area contributed by atoms with Crippen molar-refractivity contribution in [3.63, 3.8) is 0 Å². The predicted molar refractivity (Wildman–Crippen MR) is 67.3 cm³/mol. The van der Waals surface area contributed by atoms with Crippen molar-refractivity contribution in [2.75, 3.05) is 0 Å². The van der Waals surface area contributed by atoms with Crippen LogP contribution in [0.15, 0.2) is 60.7 Å². The minimum Gasteiger partial charge on any atom is -0.867 e. The van der Waals surface area contributed by atoms with Gasteiger partial charge in [-0.05, 0) is 11.1 Å². The molecule has 0 atom stereocenters. The van der Waals surface area contributed by atoms with Crippen LogP contribution in [0.1, 0.15) is 17.0 Å². The van der Waals surface area contributed by atoms with Crippen molar-refractivity contribution < 1.29 is 34.7 Å². The zero-order chi connectivity index (χ0) is 11.4. The van der Waals surface area contributed by atoms with E-state index < -0.39 is 0 Å². The fourth-order valence-electron chi connectivity index (χ4n) is 1.76. The Morgan fingerprint density at radius 2 is 1.18 bits per heavy atom. The van der Waals surface area contributed by atoms with E-state index in [0.29, 0.717) is 0 Å². The van der Waals surface area contributed by atoms with Crippen LogP contribution in [0.25, 0.3) is 0 Å². The second-order valence-electron chi connectivity index (χ2n) is 3.57. The average Bonchev–Trinajstić information content (AvgIpc) is 2.31. The molecule has 0 aliphatic carbocycles. The molecule has 0 amide bonds. The van der Waals surface area contributed by atoms with Gasteiger partial charge in [0.15, 0.2) is 0 Å². The first-order chi connectivity index (χ1) is 7.79. The molecule has 0 fully saturated rings. The van der Waals surface area contributed by atoms with Crippen LogP contribution in [0.5, 0.6) is 0 Å². The molecule has 80 valence electrons. The molecule has 2 rings (SSSR count). The van der Waals surface area contributed by atoms with Crippen molar-refractivity contribution in [3.8, 4) is 0 Å². The summed E-state index contributed by atoms with van der Waals surface area (Å²) in [6.07, 6.45) is 0. The van der Waals surface area contributed by atoms with Gasteiger partial charge in [-0.15, -0.1) is 12.2 Å². The SMILES string of the molecule is [Na+].[O-]C(=S)C(c1ccccc1)c1ccccc1. The molecule has 0 N–H and O–H groups in total. The molecule has 0 aliphatic rings. The standard InChI is InChI=1S/C14H12OS.Na/c15-14(16)13(11-7-3-1-4-8-11)12-9-5-2-6-10-12;/h1-10,13H,(H,15,16);/q;+1/p-1. The zero-order valence-corrected chi connectivity index (χ0v) is 12.5. The maximum atomic E-state index is 11.6. The molecule has 0 saturated heterocycles. The molecule has 0 radical (unpaired) electrons. The van der Waals surface area contributed by atoms with Crippen molar-refractivity contribution in [1.82, 2.24) is 0 Å². The van der Waals surface area contributed by atoms with Gasteiger partial charge in [0.1, 0.15) is 0 Å². The van der Waals surface area contributed by atoms with E-state index in [9.17, 15) is 5.11 Å². The van der Waals surface area contributed by atoms with E-state index in [1.807, 2.05) is 60.7 Å². The molecule has 1 nitrogen and oxygen atoms in total. The minimum atomic E-state index is -0.322. The Morgan fingerprint density at radius 3 is 1.47 bits per heavy atom. The summed E-state index contributed by atoms with van der Waals surface area (Å²) >= 11 is 4.83. The third kappa shape index (κ3) is 3.65. The number of hydrogen-bond donors (Lipinski definition) is 0. The topological polar surface area (TPSA) is 23.1 Å². The van der Waals surface area contributed by atoms with E-state index >= 15 is 0 Å². The second kappa shape index (κ2) is 6.92. The number of hydrogen-bond acceptors (Lipinski definition) is 2. The summed E-state index contributed by atoms with van der Waals surface area (Å²) in [5.41, 5.74) is 1.91. The van der Waals surface area contributed by atoms with Gasteiger partial charge < -0.3 is 5.11 Å². The summed E-state index contributed by atoms with van der Waals surface area (Å²) in [5.74, 6) is -0.322. The Morgan fingerprint density at radius 1 is 0.824 bits per heavy atom. The van der Waals surface area contributed by atoms with Gasteiger partial charge in [-0.3, -0.25) is 0 Å². The monoisotopic (exact) mass is 250 g/mol. The van der Waals surface area contributed by atoms with Gasteiger partial charge >= 0.3 is 29.6 Å². The molecule has 0 aliphatic heterocycles. The summed E-state index contributed by atoms with van der Waals surface area (Å²) in [6.45, 7) is 0. The van der Waals surface area contributed by atoms with E-state index in [4.69, 9.17) is 12.2 Å². The first-order valence-corrected chi connectivity index (χ1v) is 5.50. The van der Waals surface area contributed by atoms with Gasteiger partial charge in [-0.2, -0.15) is 0 Å². The largest absolute Gasteiger partial charge is 1.00 e. The number of benzene rings is 2. The van der Waals surface area contributed by atoms with Gasteiger partial charge in [0.25, 0.3) is 0 Å². The quantitative estimate of drug-likeness (QED) is 0.542. The maximum absolute atomic E-state index is 11.6. The van der Waals surface area contributed by atoms with E-state index in [2.05, 4.69) is 0 Å². The van der Waals surface area contributed by atoms with E-state index in [-0.39, 0.29) is 40.5 Å². The maximum Gasteiger partial charge on any atom is 1.00 e. The van der Waals surface area contributed by atoms with Crippen LogP contribution < -0.4 is 34.7 Å². The Balaban J connectivity index is 0.00000144. The fourth-order valence-corrected chi connectivity index (χ4v) is 2.03. The number of rotatable bonds is 3. The van der Waals surface area contributed by atoms with Crippen LogP contribution in [-0.4, -0.2) is 5.05 Å². The van der Waals surface area contributed by atoms with Crippen LogP contribution in [0.2, 0.25) is 0 Å². The van der Waals surface area contributed by atoms with Crippen LogP contribution in [-0.2, 0) is 0 Å². The summed E-state index contributed by atoms with van der Waals surface area (Å²) in [6, 6.07) is 19.3. The Kier molecular flexibility index (Phi) is 5.86.